The fraction of sp³-hybridized carbons (Fsp3) is 0.417. The van der Waals surface area contributed by atoms with Gasteiger partial charge in [0.1, 0.15) is 0 Å². The van der Waals surface area contributed by atoms with Crippen molar-refractivity contribution >= 4 is 17.5 Å². The predicted molar refractivity (Wildman–Crippen MR) is 115 cm³/mol. The molecule has 2 amide bonds. The zero-order valence-electron chi connectivity index (χ0n) is 16.9. The van der Waals surface area contributed by atoms with Crippen molar-refractivity contribution in [2.24, 2.45) is 0 Å². The number of piperidine rings is 1. The molecule has 0 atom stereocenters. The second-order valence-corrected chi connectivity index (χ2v) is 8.04. The van der Waals surface area contributed by atoms with Crippen LogP contribution in [0.25, 0.3) is 0 Å². The first-order valence-corrected chi connectivity index (χ1v) is 10.7. The minimum absolute atomic E-state index is 0.111. The number of nitrogens with zero attached hydrogens (tertiary/aromatic N) is 2. The lowest BCUT2D eigenvalue weighted by atomic mass is 10.1. The molecule has 2 aliphatic rings. The van der Waals surface area contributed by atoms with Gasteiger partial charge in [-0.15, -0.1) is 0 Å². The summed E-state index contributed by atoms with van der Waals surface area (Å²) >= 11 is 0. The summed E-state index contributed by atoms with van der Waals surface area (Å²) in [5, 5.41) is 3.02. The molecule has 0 spiro atoms. The summed E-state index contributed by atoms with van der Waals surface area (Å²) in [7, 11) is 0. The maximum atomic E-state index is 12.6. The highest BCUT2D eigenvalue weighted by atomic mass is 16.2. The Labute approximate surface area is 172 Å². The van der Waals surface area contributed by atoms with Gasteiger partial charge in [-0.05, 0) is 61.7 Å². The van der Waals surface area contributed by atoms with Crippen molar-refractivity contribution in [3.8, 4) is 0 Å². The maximum Gasteiger partial charge on any atom is 0.251 e. The van der Waals surface area contributed by atoms with Crippen LogP contribution in [-0.4, -0.2) is 36.3 Å². The van der Waals surface area contributed by atoms with Crippen LogP contribution in [0.1, 0.15) is 53.6 Å². The largest absolute Gasteiger partial charge is 0.348 e. The number of likely N-dealkylation sites (tertiary alicyclic amines) is 1. The standard InChI is InChI=1S/C24H29N3O2/c28-23-11-6-14-27(23)22-10-5-9-21(16-22)24(29)25-17-19-7-4-8-20(15-19)18-26-12-2-1-3-13-26/h4-5,7-10,15-16H,1-3,6,11-14,17-18H2,(H,25,29). The fourth-order valence-electron chi connectivity index (χ4n) is 4.23. The summed E-state index contributed by atoms with van der Waals surface area (Å²) in [5.41, 5.74) is 3.81. The van der Waals surface area contributed by atoms with Gasteiger partial charge >= 0.3 is 0 Å². The molecule has 0 radical (unpaired) electrons. The van der Waals surface area contributed by atoms with Crippen molar-refractivity contribution in [3.05, 3.63) is 65.2 Å². The Hall–Kier alpha value is -2.66. The molecule has 2 fully saturated rings. The van der Waals surface area contributed by atoms with Gasteiger partial charge in [-0.2, -0.15) is 0 Å². The lowest BCUT2D eigenvalue weighted by molar-refractivity contribution is -0.117. The maximum absolute atomic E-state index is 12.6. The second kappa shape index (κ2) is 9.23. The average Bonchev–Trinajstić information content (AvgIpc) is 3.19. The van der Waals surface area contributed by atoms with Crippen molar-refractivity contribution in [1.29, 1.82) is 0 Å². The summed E-state index contributed by atoms with van der Waals surface area (Å²) in [6, 6.07) is 15.8. The fourth-order valence-corrected chi connectivity index (χ4v) is 4.23. The third kappa shape index (κ3) is 5.04. The molecule has 2 heterocycles. The van der Waals surface area contributed by atoms with Crippen LogP contribution >= 0.6 is 0 Å². The number of hydrogen-bond donors (Lipinski definition) is 1. The van der Waals surface area contributed by atoms with Crippen LogP contribution in [0.4, 0.5) is 5.69 Å². The molecular formula is C24H29N3O2. The average molecular weight is 392 g/mol. The number of carbonyl (C=O) groups excluding carboxylic acids is 2. The highest BCUT2D eigenvalue weighted by Gasteiger charge is 2.22. The van der Waals surface area contributed by atoms with Crippen molar-refractivity contribution in [3.63, 3.8) is 0 Å². The summed E-state index contributed by atoms with van der Waals surface area (Å²) in [6.45, 7) is 4.56. The van der Waals surface area contributed by atoms with Gasteiger partial charge in [-0.3, -0.25) is 14.5 Å². The normalized spacial score (nSPS) is 17.5. The van der Waals surface area contributed by atoms with Gasteiger partial charge in [-0.1, -0.05) is 36.8 Å². The van der Waals surface area contributed by atoms with Crippen LogP contribution in [0, 0.1) is 0 Å². The monoisotopic (exact) mass is 391 g/mol. The Kier molecular flexibility index (Phi) is 6.25. The van der Waals surface area contributed by atoms with E-state index >= 15 is 0 Å². The number of benzene rings is 2. The third-order valence-electron chi connectivity index (χ3n) is 5.79. The SMILES string of the molecule is O=C(NCc1cccc(CN2CCCCC2)c1)c1cccc(N2CCCC2=O)c1. The smallest absolute Gasteiger partial charge is 0.251 e. The van der Waals surface area contributed by atoms with Crippen molar-refractivity contribution in [2.45, 2.75) is 45.2 Å². The predicted octanol–water partition coefficient (Wildman–Crippen LogP) is 3.73. The topological polar surface area (TPSA) is 52.7 Å². The third-order valence-corrected chi connectivity index (χ3v) is 5.79. The van der Waals surface area contributed by atoms with Crippen LogP contribution in [0.5, 0.6) is 0 Å². The van der Waals surface area contributed by atoms with Crippen molar-refractivity contribution < 1.29 is 9.59 Å². The molecule has 0 saturated carbocycles. The Morgan fingerprint density at radius 1 is 0.897 bits per heavy atom. The molecule has 2 aromatic rings. The Balaban J connectivity index is 1.36. The Morgan fingerprint density at radius 3 is 2.48 bits per heavy atom. The lowest BCUT2D eigenvalue weighted by Gasteiger charge is -2.26. The minimum Gasteiger partial charge on any atom is -0.348 e. The molecule has 0 bridgehead atoms. The van der Waals surface area contributed by atoms with E-state index < -0.39 is 0 Å². The lowest BCUT2D eigenvalue weighted by Crippen LogP contribution is -2.29. The van der Waals surface area contributed by atoms with Gasteiger partial charge in [0.05, 0.1) is 0 Å². The molecule has 29 heavy (non-hydrogen) atoms. The summed E-state index contributed by atoms with van der Waals surface area (Å²) in [5.74, 6) is 0.0213. The number of hydrogen-bond acceptors (Lipinski definition) is 3. The van der Waals surface area contributed by atoms with Gasteiger partial charge in [0.25, 0.3) is 5.91 Å². The first-order valence-electron chi connectivity index (χ1n) is 10.7. The van der Waals surface area contributed by atoms with E-state index in [1.165, 1.54) is 37.9 Å². The number of nitrogens with one attached hydrogen (secondary N) is 1. The van der Waals surface area contributed by atoms with E-state index in [0.717, 1.165) is 30.8 Å². The number of rotatable bonds is 6. The molecule has 152 valence electrons. The summed E-state index contributed by atoms with van der Waals surface area (Å²) in [4.78, 5) is 28.9. The molecule has 1 N–H and O–H groups in total. The molecule has 0 aromatic heterocycles. The van der Waals surface area contributed by atoms with E-state index in [1.54, 1.807) is 11.0 Å². The van der Waals surface area contributed by atoms with Gasteiger partial charge in [0.2, 0.25) is 5.91 Å². The summed E-state index contributed by atoms with van der Waals surface area (Å²) in [6.07, 6.45) is 5.39. The number of amides is 2. The van der Waals surface area contributed by atoms with E-state index in [2.05, 4.69) is 34.5 Å². The molecule has 0 unspecified atom stereocenters. The van der Waals surface area contributed by atoms with Crippen molar-refractivity contribution in [2.75, 3.05) is 24.5 Å². The zero-order valence-corrected chi connectivity index (χ0v) is 16.9. The van der Waals surface area contributed by atoms with E-state index in [4.69, 9.17) is 0 Å². The van der Waals surface area contributed by atoms with Gasteiger partial charge in [0.15, 0.2) is 0 Å². The highest BCUT2D eigenvalue weighted by molar-refractivity contribution is 5.99. The second-order valence-electron chi connectivity index (χ2n) is 8.04. The molecule has 2 saturated heterocycles. The minimum atomic E-state index is -0.111. The molecule has 5 nitrogen and oxygen atoms in total. The van der Waals surface area contributed by atoms with Crippen LogP contribution < -0.4 is 10.2 Å². The molecule has 5 heteroatoms. The van der Waals surface area contributed by atoms with E-state index in [9.17, 15) is 9.59 Å². The molecule has 2 aliphatic heterocycles. The Morgan fingerprint density at radius 2 is 1.69 bits per heavy atom. The van der Waals surface area contributed by atoms with E-state index in [1.807, 2.05) is 18.2 Å². The van der Waals surface area contributed by atoms with Gasteiger partial charge in [0, 0.05) is 37.3 Å². The molecule has 4 rings (SSSR count). The Bertz CT molecular complexity index is 874. The number of carbonyl (C=O) groups is 2. The van der Waals surface area contributed by atoms with E-state index in [0.29, 0.717) is 18.5 Å². The number of anilines is 1. The van der Waals surface area contributed by atoms with Crippen molar-refractivity contribution in [1.82, 2.24) is 10.2 Å². The van der Waals surface area contributed by atoms with E-state index in [-0.39, 0.29) is 11.8 Å². The van der Waals surface area contributed by atoms with Crippen LogP contribution in [0.15, 0.2) is 48.5 Å². The zero-order chi connectivity index (χ0) is 20.1. The van der Waals surface area contributed by atoms with Gasteiger partial charge in [-0.25, -0.2) is 0 Å². The molecular weight excluding hydrogens is 362 g/mol. The first kappa shape index (κ1) is 19.6. The van der Waals surface area contributed by atoms with Gasteiger partial charge < -0.3 is 10.2 Å². The first-order chi connectivity index (χ1) is 14.2. The van der Waals surface area contributed by atoms with Crippen LogP contribution in [-0.2, 0) is 17.9 Å². The van der Waals surface area contributed by atoms with Crippen LogP contribution in [0.2, 0.25) is 0 Å². The summed E-state index contributed by atoms with van der Waals surface area (Å²) < 4.78 is 0. The highest BCUT2D eigenvalue weighted by Crippen LogP contribution is 2.22. The molecule has 2 aromatic carbocycles. The van der Waals surface area contributed by atoms with Crippen LogP contribution in [0.3, 0.4) is 0 Å². The quantitative estimate of drug-likeness (QED) is 0.816. The molecule has 0 aliphatic carbocycles.